The van der Waals surface area contributed by atoms with E-state index in [0.717, 1.165) is 11.0 Å². The molecule has 0 saturated carbocycles. The maximum absolute atomic E-state index is 12.5. The molecule has 0 fully saturated rings. The Morgan fingerprint density at radius 1 is 1.12 bits per heavy atom. The Balaban J connectivity index is 1.55. The van der Waals surface area contributed by atoms with Crippen LogP contribution in [0.25, 0.3) is 22.5 Å². The molecule has 3 aromatic heterocycles. The summed E-state index contributed by atoms with van der Waals surface area (Å²) >= 11 is 0. The molecular formula is C19H16N4O3. The lowest BCUT2D eigenvalue weighted by Gasteiger charge is -2.11. The van der Waals surface area contributed by atoms with Gasteiger partial charge in [-0.3, -0.25) is 9.59 Å². The van der Waals surface area contributed by atoms with Gasteiger partial charge in [0.2, 0.25) is 0 Å². The number of carbonyl (C=O) groups excluding carboxylic acids is 1. The number of aromatic nitrogens is 3. The molecule has 0 radical (unpaired) electrons. The van der Waals surface area contributed by atoms with Crippen molar-refractivity contribution in [2.24, 2.45) is 0 Å². The number of carbonyl (C=O) groups is 1. The Labute approximate surface area is 148 Å². The zero-order valence-corrected chi connectivity index (χ0v) is 13.9. The predicted molar refractivity (Wildman–Crippen MR) is 96.7 cm³/mol. The lowest BCUT2D eigenvalue weighted by atomic mass is 10.2. The summed E-state index contributed by atoms with van der Waals surface area (Å²) in [5.74, 6) is 0.693. The Bertz CT molecular complexity index is 1090. The molecule has 0 aliphatic carbocycles. The molecular weight excluding hydrogens is 332 g/mol. The summed E-state index contributed by atoms with van der Waals surface area (Å²) in [5.41, 5.74) is 1.78. The van der Waals surface area contributed by atoms with Crippen molar-refractivity contribution in [3.8, 4) is 11.5 Å². The summed E-state index contributed by atoms with van der Waals surface area (Å²) in [7, 11) is 0. The lowest BCUT2D eigenvalue weighted by molar-refractivity contribution is 0.0937. The topological polar surface area (TPSA) is 104 Å². The first kappa shape index (κ1) is 15.9. The van der Waals surface area contributed by atoms with Gasteiger partial charge in [-0.2, -0.15) is 0 Å². The second-order valence-electron chi connectivity index (χ2n) is 5.93. The van der Waals surface area contributed by atoms with Gasteiger partial charge in [-0.1, -0.05) is 12.1 Å². The molecule has 0 aliphatic rings. The summed E-state index contributed by atoms with van der Waals surface area (Å²) in [5, 5.41) is 2.79. The number of rotatable bonds is 4. The van der Waals surface area contributed by atoms with Gasteiger partial charge in [0.05, 0.1) is 29.0 Å². The molecule has 3 N–H and O–H groups in total. The smallest absolute Gasteiger partial charge is 0.261 e. The van der Waals surface area contributed by atoms with Crippen molar-refractivity contribution < 1.29 is 9.21 Å². The van der Waals surface area contributed by atoms with Crippen LogP contribution in [0.1, 0.15) is 29.1 Å². The number of benzene rings is 1. The Hall–Kier alpha value is -3.61. The van der Waals surface area contributed by atoms with Gasteiger partial charge in [-0.25, -0.2) is 4.98 Å². The van der Waals surface area contributed by atoms with Crippen LogP contribution in [0.3, 0.4) is 0 Å². The summed E-state index contributed by atoms with van der Waals surface area (Å²) in [6.45, 7) is 1.81. The number of amides is 1. The van der Waals surface area contributed by atoms with Crippen LogP contribution in [0.5, 0.6) is 0 Å². The van der Waals surface area contributed by atoms with Crippen molar-refractivity contribution in [2.45, 2.75) is 13.0 Å². The first-order chi connectivity index (χ1) is 12.6. The van der Waals surface area contributed by atoms with E-state index in [0.29, 0.717) is 17.3 Å². The molecule has 7 nitrogen and oxygen atoms in total. The fourth-order valence-electron chi connectivity index (χ4n) is 2.75. The summed E-state index contributed by atoms with van der Waals surface area (Å²) < 4.78 is 5.24. The number of pyridine rings is 1. The van der Waals surface area contributed by atoms with Crippen LogP contribution in [-0.4, -0.2) is 20.9 Å². The van der Waals surface area contributed by atoms with Gasteiger partial charge in [-0.05, 0) is 43.3 Å². The molecule has 26 heavy (non-hydrogen) atoms. The van der Waals surface area contributed by atoms with Crippen LogP contribution >= 0.6 is 0 Å². The highest BCUT2D eigenvalue weighted by Gasteiger charge is 2.17. The van der Waals surface area contributed by atoms with Crippen LogP contribution < -0.4 is 10.9 Å². The van der Waals surface area contributed by atoms with Gasteiger partial charge in [0, 0.05) is 0 Å². The van der Waals surface area contributed by atoms with E-state index >= 15 is 0 Å². The molecule has 1 amide bonds. The third-order valence-electron chi connectivity index (χ3n) is 4.11. The zero-order valence-electron chi connectivity index (χ0n) is 13.9. The molecule has 0 spiro atoms. The lowest BCUT2D eigenvalue weighted by Crippen LogP contribution is -2.32. The van der Waals surface area contributed by atoms with E-state index in [1.165, 1.54) is 12.3 Å². The van der Waals surface area contributed by atoms with Gasteiger partial charge in [0.1, 0.15) is 17.1 Å². The molecule has 7 heteroatoms. The van der Waals surface area contributed by atoms with Crippen LogP contribution in [0.15, 0.2) is 64.0 Å². The van der Waals surface area contributed by atoms with Crippen molar-refractivity contribution in [2.75, 3.05) is 0 Å². The van der Waals surface area contributed by atoms with E-state index in [2.05, 4.69) is 20.3 Å². The number of para-hydroxylation sites is 2. The number of furan rings is 1. The highest BCUT2D eigenvalue weighted by molar-refractivity contribution is 5.94. The minimum absolute atomic E-state index is 0.0308. The third kappa shape index (κ3) is 2.90. The molecule has 1 aromatic carbocycles. The normalized spacial score (nSPS) is 12.2. The van der Waals surface area contributed by atoms with E-state index in [-0.39, 0.29) is 11.6 Å². The number of H-pyrrole nitrogens is 2. The van der Waals surface area contributed by atoms with E-state index < -0.39 is 11.5 Å². The molecule has 1 unspecified atom stereocenters. The summed E-state index contributed by atoms with van der Waals surface area (Å²) in [6, 6.07) is 13.8. The van der Waals surface area contributed by atoms with E-state index in [1.807, 2.05) is 24.3 Å². The first-order valence-corrected chi connectivity index (χ1v) is 8.14. The molecule has 1 atom stereocenters. The predicted octanol–water partition coefficient (Wildman–Crippen LogP) is 3.00. The second-order valence-corrected chi connectivity index (χ2v) is 5.93. The molecule has 0 saturated heterocycles. The van der Waals surface area contributed by atoms with E-state index in [1.54, 1.807) is 25.1 Å². The fourth-order valence-corrected chi connectivity index (χ4v) is 2.75. The number of hydrogen-bond donors (Lipinski definition) is 3. The highest BCUT2D eigenvalue weighted by atomic mass is 16.3. The molecule has 3 heterocycles. The van der Waals surface area contributed by atoms with Crippen LogP contribution in [-0.2, 0) is 0 Å². The average Bonchev–Trinajstić information content (AvgIpc) is 3.31. The maximum Gasteiger partial charge on any atom is 0.261 e. The van der Waals surface area contributed by atoms with Crippen molar-refractivity contribution in [1.82, 2.24) is 20.3 Å². The monoisotopic (exact) mass is 348 g/mol. The third-order valence-corrected chi connectivity index (χ3v) is 4.11. The largest absolute Gasteiger partial charge is 0.463 e. The fraction of sp³-hybridized carbons (Fsp3) is 0.105. The van der Waals surface area contributed by atoms with Crippen LogP contribution in [0.2, 0.25) is 0 Å². The molecule has 4 rings (SSSR count). The zero-order chi connectivity index (χ0) is 18.1. The van der Waals surface area contributed by atoms with Crippen molar-refractivity contribution in [3.05, 3.63) is 76.5 Å². The molecule has 0 aliphatic heterocycles. The number of aromatic amines is 2. The van der Waals surface area contributed by atoms with Gasteiger partial charge in [-0.15, -0.1) is 0 Å². The number of hydrogen-bond acceptors (Lipinski definition) is 4. The number of nitrogens with zero attached hydrogens (tertiary/aromatic N) is 1. The van der Waals surface area contributed by atoms with Crippen LogP contribution in [0.4, 0.5) is 0 Å². The number of nitrogens with one attached hydrogen (secondary N) is 3. The van der Waals surface area contributed by atoms with Gasteiger partial charge >= 0.3 is 0 Å². The van der Waals surface area contributed by atoms with Crippen LogP contribution in [0, 0.1) is 0 Å². The van der Waals surface area contributed by atoms with Gasteiger partial charge in [0.15, 0.2) is 0 Å². The molecule has 130 valence electrons. The van der Waals surface area contributed by atoms with Gasteiger partial charge in [0.25, 0.3) is 11.5 Å². The number of fused-ring (bicyclic) bond motifs is 1. The number of imidazole rings is 1. The second kappa shape index (κ2) is 6.36. The summed E-state index contributed by atoms with van der Waals surface area (Å²) in [4.78, 5) is 35.0. The van der Waals surface area contributed by atoms with E-state index in [4.69, 9.17) is 4.42 Å². The standard InChI is InChI=1S/C19H16N4O3/c1-11(17-21-13-5-2-3-6-14(13)22-17)20-18(24)12-8-9-15(23-19(12)25)16-7-4-10-26-16/h2-11H,1H3,(H,20,24)(H,21,22)(H,23,25). The van der Waals surface area contributed by atoms with Crippen molar-refractivity contribution in [3.63, 3.8) is 0 Å². The molecule has 4 aromatic rings. The summed E-state index contributed by atoms with van der Waals surface area (Å²) in [6.07, 6.45) is 1.52. The van der Waals surface area contributed by atoms with Gasteiger partial charge < -0.3 is 19.7 Å². The minimum Gasteiger partial charge on any atom is -0.463 e. The SMILES string of the molecule is CC(NC(=O)c1ccc(-c2ccco2)[nH]c1=O)c1nc2ccccc2[nH]1. The Morgan fingerprint density at radius 2 is 1.96 bits per heavy atom. The van der Waals surface area contributed by atoms with Crippen molar-refractivity contribution in [1.29, 1.82) is 0 Å². The minimum atomic E-state index is -0.479. The Morgan fingerprint density at radius 3 is 2.69 bits per heavy atom. The quantitative estimate of drug-likeness (QED) is 0.527. The highest BCUT2D eigenvalue weighted by Crippen LogP contribution is 2.17. The van der Waals surface area contributed by atoms with E-state index in [9.17, 15) is 9.59 Å². The van der Waals surface area contributed by atoms with Crippen molar-refractivity contribution >= 4 is 16.9 Å². The molecule has 0 bridgehead atoms. The first-order valence-electron chi connectivity index (χ1n) is 8.14. The Kier molecular flexibility index (Phi) is 3.89. The maximum atomic E-state index is 12.5. The average molecular weight is 348 g/mol.